The van der Waals surface area contributed by atoms with Crippen LogP contribution in [0.5, 0.6) is 0 Å². The maximum absolute atomic E-state index is 11.8. The summed E-state index contributed by atoms with van der Waals surface area (Å²) in [4.78, 5) is 16.0. The van der Waals surface area contributed by atoms with Crippen molar-refractivity contribution in [3.8, 4) is 10.6 Å². The van der Waals surface area contributed by atoms with Gasteiger partial charge in [-0.25, -0.2) is 10.4 Å². The molecule has 2 heterocycles. The van der Waals surface area contributed by atoms with Crippen LogP contribution in [0.2, 0.25) is 0 Å². The molecule has 1 aliphatic heterocycles. The van der Waals surface area contributed by atoms with Crippen molar-refractivity contribution < 1.29 is 17.8 Å². The molecule has 0 fully saturated rings. The van der Waals surface area contributed by atoms with Crippen LogP contribution in [0.15, 0.2) is 56.6 Å². The quantitative estimate of drug-likeness (QED) is 0.356. The molecule has 9 nitrogen and oxygen atoms in total. The van der Waals surface area contributed by atoms with E-state index >= 15 is 0 Å². The molecule has 1 aliphatic rings. The van der Waals surface area contributed by atoms with Gasteiger partial charge in [0.15, 0.2) is 6.04 Å². The van der Waals surface area contributed by atoms with Crippen molar-refractivity contribution >= 4 is 78.5 Å². The molecule has 2 N–H and O–H groups in total. The molecule has 0 spiro atoms. The zero-order valence-electron chi connectivity index (χ0n) is 16.3. The molecule has 1 atom stereocenters. The second-order valence-corrected chi connectivity index (χ2v) is 8.81. The third-order valence-corrected chi connectivity index (χ3v) is 6.67. The number of azo groups is 1. The normalized spacial score (nSPS) is 16.6. The van der Waals surface area contributed by atoms with Gasteiger partial charge in [-0.3, -0.25) is 9.35 Å². The number of rotatable bonds is 4. The van der Waals surface area contributed by atoms with Gasteiger partial charge in [0.05, 0.1) is 21.6 Å². The Labute approximate surface area is 198 Å². The molecule has 2 aromatic carbocycles. The van der Waals surface area contributed by atoms with E-state index in [2.05, 4.69) is 25.7 Å². The minimum absolute atomic E-state index is 0. The molecule has 0 bridgehead atoms. The number of carbonyl (C=O) groups is 1. The molecule has 0 saturated carbocycles. The maximum atomic E-state index is 11.8. The summed E-state index contributed by atoms with van der Waals surface area (Å²) in [7, 11) is -4.36. The first-order valence-corrected chi connectivity index (χ1v) is 10.7. The predicted octanol–water partition coefficient (Wildman–Crippen LogP) is 3.10. The van der Waals surface area contributed by atoms with Crippen LogP contribution in [0.25, 0.3) is 20.8 Å². The number of benzene rings is 2. The topological polar surface area (TPSA) is 133 Å². The Morgan fingerprint density at radius 1 is 1.13 bits per heavy atom. The van der Waals surface area contributed by atoms with Crippen molar-refractivity contribution in [2.45, 2.75) is 24.8 Å². The average Bonchev–Trinajstić information content (AvgIpc) is 3.22. The van der Waals surface area contributed by atoms with E-state index in [4.69, 9.17) is 0 Å². The van der Waals surface area contributed by atoms with Crippen LogP contribution in [0.3, 0.4) is 0 Å². The number of hydrogen-bond donors (Lipinski definition) is 2. The Morgan fingerprint density at radius 2 is 1.83 bits per heavy atom. The number of carbonyl (C=O) groups excluding carboxylic acids is 1. The summed E-state index contributed by atoms with van der Waals surface area (Å²) in [5.74, 6) is -0.317. The van der Waals surface area contributed by atoms with Gasteiger partial charge in [0.1, 0.15) is 9.90 Å². The molecule has 30 heavy (non-hydrogen) atoms. The number of nitrogens with one attached hydrogen (secondary N) is 1. The zero-order chi connectivity index (χ0) is 20.8. The van der Waals surface area contributed by atoms with Crippen LogP contribution < -0.4 is 5.43 Å². The van der Waals surface area contributed by atoms with Crippen LogP contribution in [-0.2, 0) is 14.9 Å². The molecule has 1 radical (unpaired) electrons. The van der Waals surface area contributed by atoms with E-state index < -0.39 is 16.2 Å². The van der Waals surface area contributed by atoms with Gasteiger partial charge in [-0.1, -0.05) is 6.07 Å². The van der Waals surface area contributed by atoms with E-state index in [1.165, 1.54) is 11.3 Å². The second kappa shape index (κ2) is 8.61. The summed E-state index contributed by atoms with van der Waals surface area (Å²) >= 11 is 1.19. The number of aryl methyl sites for hydroxylation is 1. The molecule has 1 unspecified atom stereocenters. The summed E-state index contributed by atoms with van der Waals surface area (Å²) in [5.41, 5.74) is 5.17. The standard InChI is InChI=1S/C18H15N5O4S2.Na/c1-9-3-8-13-15(16(9)29(25,26)27)28-18(19-13)11-4-6-12(7-5-11)21-22-14-10(2)20-23-17(14)24;/h3-8,14H,1-2H3,(H,23,24)(H,25,26,27);. The van der Waals surface area contributed by atoms with E-state index in [-0.39, 0.29) is 40.4 Å². The maximum Gasteiger partial charge on any atom is 0.296 e. The SMILES string of the molecule is CC1=NNC(=O)C1N=Nc1ccc(-c2nc3ccc(C)c(S(=O)(=O)O)c3s2)cc1.[Na]. The van der Waals surface area contributed by atoms with Crippen molar-refractivity contribution in [2.24, 2.45) is 15.3 Å². The summed E-state index contributed by atoms with van der Waals surface area (Å²) in [5, 5.41) is 12.5. The first-order valence-electron chi connectivity index (χ1n) is 8.47. The minimum atomic E-state index is -4.36. The zero-order valence-corrected chi connectivity index (χ0v) is 20.0. The first-order chi connectivity index (χ1) is 13.7. The molecular formula is C18H15N5NaO4S2. The van der Waals surface area contributed by atoms with Gasteiger partial charge in [0, 0.05) is 35.1 Å². The van der Waals surface area contributed by atoms with Crippen molar-refractivity contribution in [3.63, 3.8) is 0 Å². The number of hydrogen-bond acceptors (Lipinski definition) is 8. The fraction of sp³-hybridized carbons (Fsp3) is 0.167. The third-order valence-electron chi connectivity index (χ3n) is 4.36. The smallest absolute Gasteiger partial charge is 0.282 e. The van der Waals surface area contributed by atoms with Gasteiger partial charge < -0.3 is 0 Å². The predicted molar refractivity (Wildman–Crippen MR) is 115 cm³/mol. The van der Waals surface area contributed by atoms with Crippen LogP contribution in [0.1, 0.15) is 12.5 Å². The van der Waals surface area contributed by atoms with Gasteiger partial charge in [-0.05, 0) is 49.7 Å². The van der Waals surface area contributed by atoms with Crippen molar-refractivity contribution in [3.05, 3.63) is 42.0 Å². The van der Waals surface area contributed by atoms with E-state index in [9.17, 15) is 17.8 Å². The molecule has 12 heteroatoms. The minimum Gasteiger partial charge on any atom is -0.282 e. The second-order valence-electron chi connectivity index (χ2n) is 6.45. The number of thiazole rings is 1. The molecule has 0 saturated heterocycles. The number of fused-ring (bicyclic) bond motifs is 1. The molecule has 1 amide bonds. The number of amides is 1. The Hall–Kier alpha value is -2.02. The molecule has 149 valence electrons. The summed E-state index contributed by atoms with van der Waals surface area (Å²) < 4.78 is 33.5. The van der Waals surface area contributed by atoms with Crippen molar-refractivity contribution in [1.82, 2.24) is 10.4 Å². The first kappa shape index (κ1) is 22.7. The van der Waals surface area contributed by atoms with Gasteiger partial charge in [0.25, 0.3) is 16.0 Å². The molecular weight excluding hydrogens is 437 g/mol. The molecule has 0 aliphatic carbocycles. The monoisotopic (exact) mass is 452 g/mol. The number of hydrazone groups is 1. The van der Waals surface area contributed by atoms with Gasteiger partial charge >= 0.3 is 0 Å². The fourth-order valence-corrected chi connectivity index (χ4v) is 5.21. The summed E-state index contributed by atoms with van der Waals surface area (Å²) in [6.07, 6.45) is 0. The van der Waals surface area contributed by atoms with E-state index in [1.54, 1.807) is 50.2 Å². The van der Waals surface area contributed by atoms with Gasteiger partial charge in [-0.15, -0.1) is 11.3 Å². The van der Waals surface area contributed by atoms with Crippen LogP contribution >= 0.6 is 11.3 Å². The average molecular weight is 452 g/mol. The van der Waals surface area contributed by atoms with Gasteiger partial charge in [0.2, 0.25) is 0 Å². The Morgan fingerprint density at radius 3 is 2.43 bits per heavy atom. The Kier molecular flexibility index (Phi) is 6.51. The number of nitrogens with zero attached hydrogens (tertiary/aromatic N) is 4. The fourth-order valence-electron chi connectivity index (χ4n) is 2.90. The van der Waals surface area contributed by atoms with Crippen molar-refractivity contribution in [1.29, 1.82) is 0 Å². The summed E-state index contributed by atoms with van der Waals surface area (Å²) in [6.45, 7) is 3.32. The van der Waals surface area contributed by atoms with Crippen LogP contribution in [0, 0.1) is 6.92 Å². The molecule has 3 aromatic rings. The largest absolute Gasteiger partial charge is 0.296 e. The number of aromatic nitrogens is 1. The molecule has 1 aromatic heterocycles. The Bertz CT molecular complexity index is 1300. The van der Waals surface area contributed by atoms with Gasteiger partial charge in [-0.2, -0.15) is 23.7 Å². The Balaban J connectivity index is 0.00000256. The van der Waals surface area contributed by atoms with Crippen LogP contribution in [-0.4, -0.2) is 65.2 Å². The molecule has 4 rings (SSSR count). The van der Waals surface area contributed by atoms with E-state index in [1.807, 2.05) is 0 Å². The van der Waals surface area contributed by atoms with Crippen LogP contribution in [0.4, 0.5) is 5.69 Å². The summed E-state index contributed by atoms with van der Waals surface area (Å²) in [6, 6.07) is 9.62. The van der Waals surface area contributed by atoms with E-state index in [0.717, 1.165) is 5.56 Å². The van der Waals surface area contributed by atoms with E-state index in [0.29, 0.717) is 32.2 Å². The third kappa shape index (κ3) is 4.36. The van der Waals surface area contributed by atoms with Crippen molar-refractivity contribution in [2.75, 3.05) is 0 Å².